The zero-order chi connectivity index (χ0) is 20.1. The molecule has 0 aliphatic heterocycles. The summed E-state index contributed by atoms with van der Waals surface area (Å²) in [7, 11) is -1.50. The average Bonchev–Trinajstić information content (AvgIpc) is 2.55. The average molecular weight is 383 g/mol. The van der Waals surface area contributed by atoms with Crippen LogP contribution in [0.15, 0.2) is 29.2 Å². The Bertz CT molecular complexity index is 734. The van der Waals surface area contributed by atoms with Gasteiger partial charge in [0.2, 0.25) is 11.8 Å². The highest BCUT2D eigenvalue weighted by atomic mass is 32.2. The first kappa shape index (κ1) is 22.2. The molecule has 0 bridgehead atoms. The van der Waals surface area contributed by atoms with Gasteiger partial charge >= 0.3 is 0 Å². The van der Waals surface area contributed by atoms with Gasteiger partial charge in [0.1, 0.15) is 0 Å². The van der Waals surface area contributed by atoms with Crippen LogP contribution < -0.4 is 5.32 Å². The standard InChI is InChI=1S/C19H30N2O4S/c1-14(15-9-11-16(12-10-15)26(6,24)25)21(5)17(22)8-7-13-20-18(23)19(2,3)4/h9-12,14H,7-8,13H2,1-6H3,(H,20,23). The molecule has 0 saturated heterocycles. The summed E-state index contributed by atoms with van der Waals surface area (Å²) in [5.74, 6) is -0.0488. The zero-order valence-electron chi connectivity index (χ0n) is 16.5. The molecule has 0 fully saturated rings. The van der Waals surface area contributed by atoms with Gasteiger partial charge in [-0.15, -0.1) is 0 Å². The molecule has 1 aromatic carbocycles. The Kier molecular flexibility index (Phi) is 7.38. The summed E-state index contributed by atoms with van der Waals surface area (Å²) in [5, 5.41) is 2.83. The lowest BCUT2D eigenvalue weighted by Gasteiger charge is -2.26. The van der Waals surface area contributed by atoms with Crippen LogP contribution in [0.3, 0.4) is 0 Å². The smallest absolute Gasteiger partial charge is 0.225 e. The first-order valence-electron chi connectivity index (χ1n) is 8.68. The Morgan fingerprint density at radius 1 is 1.15 bits per heavy atom. The van der Waals surface area contributed by atoms with Crippen molar-refractivity contribution in [3.8, 4) is 0 Å². The van der Waals surface area contributed by atoms with Crippen molar-refractivity contribution in [2.24, 2.45) is 5.41 Å². The Hall–Kier alpha value is -1.89. The van der Waals surface area contributed by atoms with Gasteiger partial charge in [0.05, 0.1) is 10.9 Å². The molecule has 0 aliphatic carbocycles. The van der Waals surface area contributed by atoms with E-state index in [0.717, 1.165) is 5.56 Å². The van der Waals surface area contributed by atoms with Gasteiger partial charge in [-0.1, -0.05) is 32.9 Å². The van der Waals surface area contributed by atoms with Crippen LogP contribution in [0.5, 0.6) is 0 Å². The summed E-state index contributed by atoms with van der Waals surface area (Å²) in [5.41, 5.74) is 0.433. The number of rotatable bonds is 7. The van der Waals surface area contributed by atoms with Crippen LogP contribution in [0.1, 0.15) is 52.1 Å². The molecule has 0 saturated carbocycles. The number of benzene rings is 1. The normalized spacial score (nSPS) is 13.2. The van der Waals surface area contributed by atoms with Gasteiger partial charge in [0.25, 0.3) is 0 Å². The Labute approximate surface area is 156 Å². The number of nitrogens with one attached hydrogen (secondary N) is 1. The number of nitrogens with zero attached hydrogens (tertiary/aromatic N) is 1. The molecule has 0 radical (unpaired) electrons. The van der Waals surface area contributed by atoms with Crippen LogP contribution in [-0.4, -0.2) is 45.0 Å². The lowest BCUT2D eigenvalue weighted by Crippen LogP contribution is -2.36. The molecule has 6 nitrogen and oxygen atoms in total. The Morgan fingerprint density at radius 3 is 2.15 bits per heavy atom. The molecule has 2 amide bonds. The third-order valence-corrected chi connectivity index (χ3v) is 5.43. The number of sulfone groups is 1. The number of hydrogen-bond acceptors (Lipinski definition) is 4. The molecule has 1 N–H and O–H groups in total. The highest BCUT2D eigenvalue weighted by molar-refractivity contribution is 7.90. The largest absolute Gasteiger partial charge is 0.356 e. The van der Waals surface area contributed by atoms with Gasteiger partial charge in [-0.05, 0) is 31.0 Å². The third-order valence-electron chi connectivity index (χ3n) is 4.30. The summed E-state index contributed by atoms with van der Waals surface area (Å²) in [6, 6.07) is 6.41. The van der Waals surface area contributed by atoms with Crippen LogP contribution in [0.4, 0.5) is 0 Å². The second-order valence-electron chi connectivity index (χ2n) is 7.63. The van der Waals surface area contributed by atoms with Crippen molar-refractivity contribution in [2.45, 2.75) is 51.5 Å². The maximum atomic E-state index is 12.3. The maximum absolute atomic E-state index is 12.3. The summed E-state index contributed by atoms with van der Waals surface area (Å²) < 4.78 is 23.0. The molecule has 146 valence electrons. The predicted octanol–water partition coefficient (Wildman–Crippen LogP) is 2.55. The molecule has 0 heterocycles. The molecule has 1 aromatic rings. The molecule has 1 atom stereocenters. The lowest BCUT2D eigenvalue weighted by molar-refractivity contribution is -0.132. The van der Waals surface area contributed by atoms with Crippen molar-refractivity contribution in [1.82, 2.24) is 10.2 Å². The summed E-state index contributed by atoms with van der Waals surface area (Å²) in [4.78, 5) is 26.0. The van der Waals surface area contributed by atoms with Crippen molar-refractivity contribution in [2.75, 3.05) is 19.8 Å². The van der Waals surface area contributed by atoms with E-state index in [-0.39, 0.29) is 22.8 Å². The quantitative estimate of drug-likeness (QED) is 0.735. The van der Waals surface area contributed by atoms with Crippen LogP contribution in [0, 0.1) is 5.41 Å². The predicted molar refractivity (Wildman–Crippen MR) is 102 cm³/mol. The fourth-order valence-electron chi connectivity index (χ4n) is 2.32. The first-order valence-corrected chi connectivity index (χ1v) is 10.6. The Balaban J connectivity index is 2.56. The molecule has 26 heavy (non-hydrogen) atoms. The van der Waals surface area contributed by atoms with E-state index >= 15 is 0 Å². The molecule has 1 unspecified atom stereocenters. The molecular weight excluding hydrogens is 352 g/mol. The van der Waals surface area contributed by atoms with E-state index in [9.17, 15) is 18.0 Å². The van der Waals surface area contributed by atoms with Gasteiger partial charge in [-0.25, -0.2) is 8.42 Å². The number of carbonyl (C=O) groups is 2. The van der Waals surface area contributed by atoms with Crippen molar-refractivity contribution < 1.29 is 18.0 Å². The molecule has 0 aliphatic rings. The van der Waals surface area contributed by atoms with Gasteiger partial charge in [0.15, 0.2) is 9.84 Å². The minimum Gasteiger partial charge on any atom is -0.356 e. The fraction of sp³-hybridized carbons (Fsp3) is 0.579. The van der Waals surface area contributed by atoms with E-state index < -0.39 is 15.3 Å². The minimum atomic E-state index is -3.23. The van der Waals surface area contributed by atoms with Crippen LogP contribution in [0.2, 0.25) is 0 Å². The van der Waals surface area contributed by atoms with E-state index in [4.69, 9.17) is 0 Å². The van der Waals surface area contributed by atoms with E-state index in [1.54, 1.807) is 36.2 Å². The maximum Gasteiger partial charge on any atom is 0.225 e. The summed E-state index contributed by atoms with van der Waals surface area (Å²) in [6.07, 6.45) is 2.08. The zero-order valence-corrected chi connectivity index (χ0v) is 17.3. The van der Waals surface area contributed by atoms with Crippen LogP contribution in [-0.2, 0) is 19.4 Å². The molecule has 7 heteroatoms. The lowest BCUT2D eigenvalue weighted by atomic mass is 9.96. The monoisotopic (exact) mass is 382 g/mol. The second-order valence-corrected chi connectivity index (χ2v) is 9.65. The second kappa shape index (κ2) is 8.66. The van der Waals surface area contributed by atoms with E-state index in [0.29, 0.717) is 19.4 Å². The van der Waals surface area contributed by atoms with E-state index in [1.165, 1.54) is 6.26 Å². The van der Waals surface area contributed by atoms with Crippen molar-refractivity contribution >= 4 is 21.7 Å². The number of amides is 2. The number of hydrogen-bond donors (Lipinski definition) is 1. The SMILES string of the molecule is CC(c1ccc(S(C)(=O)=O)cc1)N(C)C(=O)CCCNC(=O)C(C)(C)C. The van der Waals surface area contributed by atoms with Gasteiger partial charge in [0, 0.05) is 31.7 Å². The summed E-state index contributed by atoms with van der Waals surface area (Å²) >= 11 is 0. The van der Waals surface area contributed by atoms with Crippen LogP contribution in [0.25, 0.3) is 0 Å². The highest BCUT2D eigenvalue weighted by Gasteiger charge is 2.21. The van der Waals surface area contributed by atoms with Gasteiger partial charge in [-0.3, -0.25) is 9.59 Å². The highest BCUT2D eigenvalue weighted by Crippen LogP contribution is 2.21. The fourth-order valence-corrected chi connectivity index (χ4v) is 2.95. The summed E-state index contributed by atoms with van der Waals surface area (Å²) in [6.45, 7) is 7.90. The molecule has 1 rings (SSSR count). The van der Waals surface area contributed by atoms with E-state index in [1.807, 2.05) is 27.7 Å². The van der Waals surface area contributed by atoms with Gasteiger partial charge in [-0.2, -0.15) is 0 Å². The molecular formula is C19H30N2O4S. The van der Waals surface area contributed by atoms with E-state index in [2.05, 4.69) is 5.32 Å². The van der Waals surface area contributed by atoms with Gasteiger partial charge < -0.3 is 10.2 Å². The van der Waals surface area contributed by atoms with Crippen LogP contribution >= 0.6 is 0 Å². The minimum absolute atomic E-state index is 0.0188. The third kappa shape index (κ3) is 6.44. The van der Waals surface area contributed by atoms with Crippen molar-refractivity contribution in [1.29, 1.82) is 0 Å². The topological polar surface area (TPSA) is 83.6 Å². The van der Waals surface area contributed by atoms with Crippen molar-refractivity contribution in [3.63, 3.8) is 0 Å². The Morgan fingerprint density at radius 2 is 1.69 bits per heavy atom. The number of carbonyl (C=O) groups excluding carboxylic acids is 2. The van der Waals surface area contributed by atoms with Crippen molar-refractivity contribution in [3.05, 3.63) is 29.8 Å². The molecule has 0 spiro atoms. The first-order chi connectivity index (χ1) is 11.8. The molecule has 0 aromatic heterocycles.